The normalized spacial score (nSPS) is 23.8. The summed E-state index contributed by atoms with van der Waals surface area (Å²) in [5, 5.41) is 3.65. The van der Waals surface area contributed by atoms with Crippen molar-refractivity contribution >= 4 is 11.4 Å². The molecule has 0 bridgehead atoms. The van der Waals surface area contributed by atoms with Crippen molar-refractivity contribution in [1.29, 1.82) is 0 Å². The Balaban J connectivity index is 1.99. The highest BCUT2D eigenvalue weighted by molar-refractivity contribution is 5.68. The minimum absolute atomic E-state index is 0.147. The zero-order valence-electron chi connectivity index (χ0n) is 14.2. The van der Waals surface area contributed by atoms with Crippen molar-refractivity contribution in [2.24, 2.45) is 11.3 Å². The van der Waals surface area contributed by atoms with Crippen molar-refractivity contribution in [1.82, 2.24) is 4.98 Å². The Kier molecular flexibility index (Phi) is 4.77. The molecule has 2 unspecified atom stereocenters. The highest BCUT2D eigenvalue weighted by atomic mass is 16.5. The molecule has 1 aliphatic rings. The molecule has 1 N–H and O–H groups in total. The molecule has 2 atom stereocenters. The topological polar surface area (TPSA) is 37.4 Å². The summed E-state index contributed by atoms with van der Waals surface area (Å²) in [6.07, 6.45) is 5.15. The standard InChI is InChI=1S/C17H29N3O/c1-12(2)11-21-16-9-15(17(16,3)4)19-13-10-18-8-7-14(13)20(5)6/h7-8,10,12,15-16,19H,9,11H2,1-6H3. The van der Waals surface area contributed by atoms with Gasteiger partial charge in [0.2, 0.25) is 0 Å². The third-order valence-corrected chi connectivity index (χ3v) is 4.42. The summed E-state index contributed by atoms with van der Waals surface area (Å²) in [6, 6.07) is 2.47. The van der Waals surface area contributed by atoms with Crippen LogP contribution in [0.15, 0.2) is 18.5 Å². The number of rotatable bonds is 6. The van der Waals surface area contributed by atoms with E-state index in [1.807, 2.05) is 18.5 Å². The van der Waals surface area contributed by atoms with E-state index in [-0.39, 0.29) is 5.41 Å². The predicted octanol–water partition coefficient (Wildman–Crippen LogP) is 3.40. The largest absolute Gasteiger partial charge is 0.379 e. The summed E-state index contributed by atoms with van der Waals surface area (Å²) >= 11 is 0. The molecule has 0 radical (unpaired) electrons. The van der Waals surface area contributed by atoms with E-state index in [0.717, 1.165) is 18.7 Å². The molecule has 2 rings (SSSR count). The number of hydrogen-bond acceptors (Lipinski definition) is 4. The van der Waals surface area contributed by atoms with E-state index in [9.17, 15) is 0 Å². The van der Waals surface area contributed by atoms with Crippen LogP contribution in [0.4, 0.5) is 11.4 Å². The SMILES string of the molecule is CC(C)COC1CC(Nc2cnccc2N(C)C)C1(C)C. The van der Waals surface area contributed by atoms with Gasteiger partial charge >= 0.3 is 0 Å². The van der Waals surface area contributed by atoms with Crippen molar-refractivity contribution in [3.05, 3.63) is 18.5 Å². The van der Waals surface area contributed by atoms with Crippen LogP contribution in [0.1, 0.15) is 34.1 Å². The number of nitrogens with one attached hydrogen (secondary N) is 1. The number of anilines is 2. The van der Waals surface area contributed by atoms with E-state index >= 15 is 0 Å². The quantitative estimate of drug-likeness (QED) is 0.871. The summed E-state index contributed by atoms with van der Waals surface area (Å²) in [6.45, 7) is 9.80. The first-order chi connectivity index (χ1) is 9.82. The van der Waals surface area contributed by atoms with E-state index in [1.165, 1.54) is 5.69 Å². The van der Waals surface area contributed by atoms with Crippen molar-refractivity contribution in [2.75, 3.05) is 30.9 Å². The molecule has 4 heteroatoms. The van der Waals surface area contributed by atoms with Gasteiger partial charge in [-0.1, -0.05) is 27.7 Å². The zero-order chi connectivity index (χ0) is 15.6. The van der Waals surface area contributed by atoms with Gasteiger partial charge in [0.25, 0.3) is 0 Å². The fraction of sp³-hybridized carbons (Fsp3) is 0.706. The molecule has 1 aromatic heterocycles. The second-order valence-corrected chi connectivity index (χ2v) is 7.26. The molecule has 1 saturated carbocycles. The second-order valence-electron chi connectivity index (χ2n) is 7.26. The van der Waals surface area contributed by atoms with Gasteiger partial charge in [0.15, 0.2) is 0 Å². The summed E-state index contributed by atoms with van der Waals surface area (Å²) in [5.74, 6) is 0.589. The van der Waals surface area contributed by atoms with Gasteiger partial charge in [-0.2, -0.15) is 0 Å². The molecule has 0 aromatic carbocycles. The molecule has 21 heavy (non-hydrogen) atoms. The molecule has 1 heterocycles. The van der Waals surface area contributed by atoms with Gasteiger partial charge in [0.1, 0.15) is 0 Å². The van der Waals surface area contributed by atoms with Gasteiger partial charge < -0.3 is 15.0 Å². The van der Waals surface area contributed by atoms with E-state index in [1.54, 1.807) is 0 Å². The molecule has 1 fully saturated rings. The smallest absolute Gasteiger partial charge is 0.0766 e. The van der Waals surface area contributed by atoms with Gasteiger partial charge in [-0.05, 0) is 18.4 Å². The molecule has 1 aliphatic carbocycles. The minimum atomic E-state index is 0.147. The maximum Gasteiger partial charge on any atom is 0.0766 e. The molecular weight excluding hydrogens is 262 g/mol. The van der Waals surface area contributed by atoms with E-state index in [4.69, 9.17) is 4.74 Å². The molecule has 118 valence electrons. The Labute approximate surface area is 128 Å². The summed E-state index contributed by atoms with van der Waals surface area (Å²) in [5.41, 5.74) is 2.42. The summed E-state index contributed by atoms with van der Waals surface area (Å²) < 4.78 is 6.03. The van der Waals surface area contributed by atoms with Crippen LogP contribution >= 0.6 is 0 Å². The predicted molar refractivity (Wildman–Crippen MR) is 89.0 cm³/mol. The Morgan fingerprint density at radius 2 is 2.14 bits per heavy atom. The molecule has 4 nitrogen and oxygen atoms in total. The number of ether oxygens (including phenoxy) is 1. The van der Waals surface area contributed by atoms with Crippen LogP contribution in [0.25, 0.3) is 0 Å². The Morgan fingerprint density at radius 1 is 1.43 bits per heavy atom. The van der Waals surface area contributed by atoms with E-state index < -0.39 is 0 Å². The first-order valence-corrected chi connectivity index (χ1v) is 7.81. The first-order valence-electron chi connectivity index (χ1n) is 7.81. The Morgan fingerprint density at radius 3 is 2.71 bits per heavy atom. The number of hydrogen-bond donors (Lipinski definition) is 1. The molecule has 1 aromatic rings. The number of aromatic nitrogens is 1. The van der Waals surface area contributed by atoms with Crippen LogP contribution in [0, 0.1) is 11.3 Å². The Hall–Kier alpha value is -1.29. The third kappa shape index (κ3) is 3.49. The maximum atomic E-state index is 6.03. The lowest BCUT2D eigenvalue weighted by Gasteiger charge is -2.52. The van der Waals surface area contributed by atoms with Crippen molar-refractivity contribution in [3.63, 3.8) is 0 Å². The van der Waals surface area contributed by atoms with Gasteiger partial charge in [-0.15, -0.1) is 0 Å². The van der Waals surface area contributed by atoms with Gasteiger partial charge in [-0.3, -0.25) is 4.98 Å². The third-order valence-electron chi connectivity index (χ3n) is 4.42. The first kappa shape index (κ1) is 16.1. The zero-order valence-corrected chi connectivity index (χ0v) is 14.2. The highest BCUT2D eigenvalue weighted by Gasteiger charge is 2.49. The lowest BCUT2D eigenvalue weighted by molar-refractivity contribution is -0.108. The second kappa shape index (κ2) is 6.22. The lowest BCUT2D eigenvalue weighted by atomic mass is 9.64. The van der Waals surface area contributed by atoms with Crippen LogP contribution in [0.5, 0.6) is 0 Å². The minimum Gasteiger partial charge on any atom is -0.379 e. The van der Waals surface area contributed by atoms with E-state index in [0.29, 0.717) is 18.1 Å². The van der Waals surface area contributed by atoms with Crippen LogP contribution in [-0.4, -0.2) is 37.8 Å². The van der Waals surface area contributed by atoms with Crippen molar-refractivity contribution < 1.29 is 4.74 Å². The average Bonchev–Trinajstić information content (AvgIpc) is 2.41. The molecule has 0 saturated heterocycles. The molecule has 0 spiro atoms. The summed E-state index contributed by atoms with van der Waals surface area (Å²) in [7, 11) is 4.11. The van der Waals surface area contributed by atoms with E-state index in [2.05, 4.69) is 57.0 Å². The maximum absolute atomic E-state index is 6.03. The van der Waals surface area contributed by atoms with Crippen LogP contribution < -0.4 is 10.2 Å². The van der Waals surface area contributed by atoms with Gasteiger partial charge in [-0.25, -0.2) is 0 Å². The van der Waals surface area contributed by atoms with Crippen LogP contribution in [0.2, 0.25) is 0 Å². The number of nitrogens with zero attached hydrogens (tertiary/aromatic N) is 2. The average molecular weight is 291 g/mol. The van der Waals surface area contributed by atoms with Gasteiger partial charge in [0.05, 0.1) is 23.7 Å². The molecule has 0 aliphatic heterocycles. The molecular formula is C17H29N3O. The van der Waals surface area contributed by atoms with Crippen LogP contribution in [-0.2, 0) is 4.74 Å². The van der Waals surface area contributed by atoms with Crippen molar-refractivity contribution in [2.45, 2.75) is 46.3 Å². The van der Waals surface area contributed by atoms with Gasteiger partial charge in [0, 0.05) is 38.4 Å². The lowest BCUT2D eigenvalue weighted by Crippen LogP contribution is -2.58. The fourth-order valence-corrected chi connectivity index (χ4v) is 2.80. The Bertz CT molecular complexity index is 471. The van der Waals surface area contributed by atoms with Crippen LogP contribution in [0.3, 0.4) is 0 Å². The summed E-state index contributed by atoms with van der Waals surface area (Å²) in [4.78, 5) is 6.36. The fourth-order valence-electron chi connectivity index (χ4n) is 2.80. The monoisotopic (exact) mass is 291 g/mol. The molecule has 0 amide bonds. The number of pyridine rings is 1. The van der Waals surface area contributed by atoms with Crippen molar-refractivity contribution in [3.8, 4) is 0 Å². The highest BCUT2D eigenvalue weighted by Crippen LogP contribution is 2.45.